The lowest BCUT2D eigenvalue weighted by Gasteiger charge is -2.06. The fourth-order valence-corrected chi connectivity index (χ4v) is 1.43. The SMILES string of the molecule is COC(=O)C(C)/C=C/[C@H]1COC(=O)[C@@H]1C. The molecule has 1 saturated heterocycles. The van der Waals surface area contributed by atoms with E-state index in [0.717, 1.165) is 0 Å². The van der Waals surface area contributed by atoms with Gasteiger partial charge in [-0.1, -0.05) is 19.1 Å². The zero-order valence-electron chi connectivity index (χ0n) is 9.23. The number of cyclic esters (lactones) is 1. The second-order valence-corrected chi connectivity index (χ2v) is 3.78. The molecule has 84 valence electrons. The number of rotatable bonds is 3. The molecule has 0 radical (unpaired) electrons. The van der Waals surface area contributed by atoms with Crippen molar-refractivity contribution in [3.05, 3.63) is 12.2 Å². The maximum absolute atomic E-state index is 11.1. The summed E-state index contributed by atoms with van der Waals surface area (Å²) in [5.41, 5.74) is 0. The van der Waals surface area contributed by atoms with Gasteiger partial charge in [0, 0.05) is 5.92 Å². The molecule has 0 bridgehead atoms. The summed E-state index contributed by atoms with van der Waals surface area (Å²) in [6.45, 7) is 3.99. The van der Waals surface area contributed by atoms with E-state index in [9.17, 15) is 9.59 Å². The third-order valence-corrected chi connectivity index (χ3v) is 2.65. The second-order valence-electron chi connectivity index (χ2n) is 3.78. The summed E-state index contributed by atoms with van der Waals surface area (Å²) in [4.78, 5) is 22.2. The molecule has 1 heterocycles. The molecule has 0 N–H and O–H groups in total. The molecular formula is C11H16O4. The molecule has 1 fully saturated rings. The molecule has 15 heavy (non-hydrogen) atoms. The van der Waals surface area contributed by atoms with Gasteiger partial charge in [-0.25, -0.2) is 0 Å². The van der Waals surface area contributed by atoms with Crippen molar-refractivity contribution in [3.63, 3.8) is 0 Å². The highest BCUT2D eigenvalue weighted by atomic mass is 16.5. The number of carbonyl (C=O) groups excluding carboxylic acids is 2. The van der Waals surface area contributed by atoms with E-state index >= 15 is 0 Å². The molecule has 0 aromatic carbocycles. The highest BCUT2D eigenvalue weighted by molar-refractivity contribution is 5.75. The predicted octanol–water partition coefficient (Wildman–Crippen LogP) is 1.16. The van der Waals surface area contributed by atoms with E-state index < -0.39 is 0 Å². The second kappa shape index (κ2) is 4.96. The van der Waals surface area contributed by atoms with E-state index in [1.54, 1.807) is 13.0 Å². The maximum atomic E-state index is 11.1. The van der Waals surface area contributed by atoms with E-state index in [2.05, 4.69) is 4.74 Å². The van der Waals surface area contributed by atoms with Gasteiger partial charge in [0.15, 0.2) is 0 Å². The van der Waals surface area contributed by atoms with Gasteiger partial charge in [0.05, 0.1) is 25.6 Å². The quantitative estimate of drug-likeness (QED) is 0.520. The Morgan fingerprint density at radius 1 is 1.67 bits per heavy atom. The van der Waals surface area contributed by atoms with E-state index in [1.165, 1.54) is 7.11 Å². The van der Waals surface area contributed by atoms with Gasteiger partial charge >= 0.3 is 11.9 Å². The smallest absolute Gasteiger partial charge is 0.312 e. The minimum atomic E-state index is -0.280. The van der Waals surface area contributed by atoms with Crippen LogP contribution in [0.15, 0.2) is 12.2 Å². The highest BCUT2D eigenvalue weighted by Crippen LogP contribution is 2.23. The first-order valence-corrected chi connectivity index (χ1v) is 4.99. The Morgan fingerprint density at radius 3 is 2.80 bits per heavy atom. The molecule has 1 rings (SSSR count). The van der Waals surface area contributed by atoms with Gasteiger partial charge < -0.3 is 9.47 Å². The zero-order valence-corrected chi connectivity index (χ0v) is 9.23. The molecule has 0 saturated carbocycles. The fourth-order valence-electron chi connectivity index (χ4n) is 1.43. The van der Waals surface area contributed by atoms with Crippen LogP contribution in [0.5, 0.6) is 0 Å². The fraction of sp³-hybridized carbons (Fsp3) is 0.636. The number of ether oxygens (including phenoxy) is 2. The van der Waals surface area contributed by atoms with Gasteiger partial charge in [-0.3, -0.25) is 9.59 Å². The van der Waals surface area contributed by atoms with Crippen molar-refractivity contribution in [2.45, 2.75) is 13.8 Å². The first-order chi connectivity index (χ1) is 7.06. The number of hydrogen-bond acceptors (Lipinski definition) is 4. The lowest BCUT2D eigenvalue weighted by molar-refractivity contribution is -0.143. The third-order valence-electron chi connectivity index (χ3n) is 2.65. The molecule has 0 aromatic heterocycles. The molecule has 4 nitrogen and oxygen atoms in total. The van der Waals surface area contributed by atoms with Gasteiger partial charge in [0.1, 0.15) is 0 Å². The Bertz CT molecular complexity index is 282. The van der Waals surface area contributed by atoms with Crippen LogP contribution < -0.4 is 0 Å². The summed E-state index contributed by atoms with van der Waals surface area (Å²) in [5.74, 6) is -0.770. The number of carbonyl (C=O) groups is 2. The van der Waals surface area contributed by atoms with Crippen molar-refractivity contribution in [3.8, 4) is 0 Å². The van der Waals surface area contributed by atoms with E-state index in [1.807, 2.05) is 13.0 Å². The normalized spacial score (nSPS) is 27.8. The van der Waals surface area contributed by atoms with Crippen molar-refractivity contribution >= 4 is 11.9 Å². The van der Waals surface area contributed by atoms with Crippen LogP contribution in [0, 0.1) is 17.8 Å². The monoisotopic (exact) mass is 212 g/mol. The number of methoxy groups -OCH3 is 1. The average molecular weight is 212 g/mol. The average Bonchev–Trinajstić information content (AvgIpc) is 2.55. The Morgan fingerprint density at radius 2 is 2.33 bits per heavy atom. The van der Waals surface area contributed by atoms with Gasteiger partial charge in [0.2, 0.25) is 0 Å². The largest absolute Gasteiger partial charge is 0.469 e. The van der Waals surface area contributed by atoms with Crippen LogP contribution in [-0.4, -0.2) is 25.7 Å². The lowest BCUT2D eigenvalue weighted by Crippen LogP contribution is -2.12. The molecular weight excluding hydrogens is 196 g/mol. The molecule has 4 heteroatoms. The summed E-state index contributed by atoms with van der Waals surface area (Å²) in [6, 6.07) is 0. The van der Waals surface area contributed by atoms with Gasteiger partial charge in [-0.05, 0) is 6.92 Å². The Kier molecular flexibility index (Phi) is 3.88. The van der Waals surface area contributed by atoms with Gasteiger partial charge in [-0.15, -0.1) is 0 Å². The van der Waals surface area contributed by atoms with Crippen LogP contribution in [0.4, 0.5) is 0 Å². The van der Waals surface area contributed by atoms with Crippen LogP contribution >= 0.6 is 0 Å². The molecule has 1 aliphatic rings. The molecule has 0 amide bonds. The van der Waals surface area contributed by atoms with Crippen LogP contribution in [-0.2, 0) is 19.1 Å². The lowest BCUT2D eigenvalue weighted by atomic mass is 9.96. The third kappa shape index (κ3) is 2.81. The highest BCUT2D eigenvalue weighted by Gasteiger charge is 2.31. The zero-order chi connectivity index (χ0) is 11.4. The molecule has 0 spiro atoms. The van der Waals surface area contributed by atoms with E-state index in [0.29, 0.717) is 6.61 Å². The van der Waals surface area contributed by atoms with Gasteiger partial charge in [0.25, 0.3) is 0 Å². The summed E-state index contributed by atoms with van der Waals surface area (Å²) >= 11 is 0. The first-order valence-electron chi connectivity index (χ1n) is 4.99. The number of hydrogen-bond donors (Lipinski definition) is 0. The molecule has 0 aromatic rings. The minimum absolute atomic E-state index is 0.0737. The maximum Gasteiger partial charge on any atom is 0.312 e. The molecule has 1 aliphatic heterocycles. The standard InChI is InChI=1S/C11H16O4/c1-7(10(12)14-3)4-5-9-6-15-11(13)8(9)2/h4-5,7-9H,6H2,1-3H3/b5-4+/t7?,8-,9+/m1/s1. The molecule has 3 atom stereocenters. The number of esters is 2. The van der Waals surface area contributed by atoms with Crippen molar-refractivity contribution in [1.82, 2.24) is 0 Å². The minimum Gasteiger partial charge on any atom is -0.469 e. The Balaban J connectivity index is 2.51. The summed E-state index contributed by atoms with van der Waals surface area (Å²) in [7, 11) is 1.36. The van der Waals surface area contributed by atoms with Crippen LogP contribution in [0.25, 0.3) is 0 Å². The van der Waals surface area contributed by atoms with Crippen molar-refractivity contribution in [2.24, 2.45) is 17.8 Å². The van der Waals surface area contributed by atoms with E-state index in [-0.39, 0.29) is 29.7 Å². The Hall–Kier alpha value is -1.32. The van der Waals surface area contributed by atoms with Crippen molar-refractivity contribution in [1.29, 1.82) is 0 Å². The predicted molar refractivity (Wildman–Crippen MR) is 53.9 cm³/mol. The van der Waals surface area contributed by atoms with Gasteiger partial charge in [-0.2, -0.15) is 0 Å². The summed E-state index contributed by atoms with van der Waals surface area (Å²) < 4.78 is 9.48. The Labute approximate surface area is 89.2 Å². The summed E-state index contributed by atoms with van der Waals surface area (Å²) in [6.07, 6.45) is 3.62. The topological polar surface area (TPSA) is 52.6 Å². The van der Waals surface area contributed by atoms with Crippen LogP contribution in [0.1, 0.15) is 13.8 Å². The van der Waals surface area contributed by atoms with Crippen molar-refractivity contribution in [2.75, 3.05) is 13.7 Å². The molecule has 0 aliphatic carbocycles. The van der Waals surface area contributed by atoms with Crippen LogP contribution in [0.3, 0.4) is 0 Å². The van der Waals surface area contributed by atoms with E-state index in [4.69, 9.17) is 4.74 Å². The summed E-state index contributed by atoms with van der Waals surface area (Å²) in [5, 5.41) is 0. The first kappa shape index (κ1) is 11.8. The van der Waals surface area contributed by atoms with Crippen LogP contribution in [0.2, 0.25) is 0 Å². The molecule has 1 unspecified atom stereocenters. The van der Waals surface area contributed by atoms with Crippen molar-refractivity contribution < 1.29 is 19.1 Å².